The van der Waals surface area contributed by atoms with E-state index in [1.807, 2.05) is 0 Å². The van der Waals surface area contributed by atoms with E-state index in [1.165, 1.54) is 0 Å². The van der Waals surface area contributed by atoms with Crippen LogP contribution in [0.4, 0.5) is 0 Å². The van der Waals surface area contributed by atoms with E-state index in [2.05, 4.69) is 6.92 Å². The predicted molar refractivity (Wildman–Crippen MR) is 74.4 cm³/mol. The lowest BCUT2D eigenvalue weighted by molar-refractivity contribution is -0.111. The van der Waals surface area contributed by atoms with Crippen LogP contribution in [0, 0.1) is 0 Å². The van der Waals surface area contributed by atoms with Gasteiger partial charge in [-0.1, -0.05) is 13.3 Å². The monoisotopic (exact) mass is 302 g/mol. The van der Waals surface area contributed by atoms with E-state index in [9.17, 15) is 0 Å². The van der Waals surface area contributed by atoms with E-state index in [4.69, 9.17) is 28.4 Å². The molecule has 0 spiro atoms. The highest BCUT2D eigenvalue weighted by Crippen LogP contribution is 2.19. The molecule has 3 aliphatic rings. The topological polar surface area (TPSA) is 65.3 Å². The molecular formula is C15H26O6. The van der Waals surface area contributed by atoms with Crippen molar-refractivity contribution in [2.75, 3.05) is 46.2 Å². The molecule has 0 N–H and O–H groups in total. The normalized spacial score (nSPS) is 32.7. The largest absolute Gasteiger partial charge is 0.376 e. The summed E-state index contributed by atoms with van der Waals surface area (Å²) in [5.41, 5.74) is 0. The molecule has 3 aliphatic heterocycles. The van der Waals surface area contributed by atoms with Crippen LogP contribution in [0.25, 0.3) is 0 Å². The number of hydrogen-bond acceptors (Lipinski definition) is 6. The minimum absolute atomic E-state index is 0.0494. The number of rotatable bonds is 13. The second-order valence-electron chi connectivity index (χ2n) is 5.94. The zero-order chi connectivity index (χ0) is 14.5. The second kappa shape index (κ2) is 7.85. The summed E-state index contributed by atoms with van der Waals surface area (Å²) >= 11 is 0. The molecule has 0 saturated carbocycles. The van der Waals surface area contributed by atoms with Crippen molar-refractivity contribution in [1.29, 1.82) is 0 Å². The minimum atomic E-state index is -0.0494. The Morgan fingerprint density at radius 2 is 1.38 bits per heavy atom. The van der Waals surface area contributed by atoms with Crippen LogP contribution in [-0.4, -0.2) is 76.8 Å². The van der Waals surface area contributed by atoms with E-state index >= 15 is 0 Å². The summed E-state index contributed by atoms with van der Waals surface area (Å²) in [6.45, 7) is 7.05. The molecule has 0 aromatic carbocycles. The van der Waals surface area contributed by atoms with Crippen LogP contribution in [0.1, 0.15) is 19.8 Å². The fourth-order valence-electron chi connectivity index (χ4n) is 2.19. The van der Waals surface area contributed by atoms with Gasteiger partial charge in [-0.3, -0.25) is 0 Å². The molecule has 0 bridgehead atoms. The van der Waals surface area contributed by atoms with Crippen LogP contribution in [0.15, 0.2) is 0 Å². The zero-order valence-electron chi connectivity index (χ0n) is 12.7. The molecular weight excluding hydrogens is 276 g/mol. The van der Waals surface area contributed by atoms with Gasteiger partial charge in [-0.05, 0) is 6.42 Å². The summed E-state index contributed by atoms with van der Waals surface area (Å²) in [6, 6.07) is 0. The van der Waals surface area contributed by atoms with Crippen LogP contribution < -0.4 is 0 Å². The van der Waals surface area contributed by atoms with Crippen molar-refractivity contribution in [3.05, 3.63) is 0 Å². The van der Waals surface area contributed by atoms with Crippen LogP contribution in [0.3, 0.4) is 0 Å². The molecule has 3 heterocycles. The van der Waals surface area contributed by atoms with Crippen molar-refractivity contribution in [1.82, 2.24) is 0 Å². The third-order valence-electron chi connectivity index (χ3n) is 3.77. The molecule has 0 amide bonds. The van der Waals surface area contributed by atoms with Gasteiger partial charge in [0.05, 0.1) is 52.4 Å². The van der Waals surface area contributed by atoms with Gasteiger partial charge in [-0.2, -0.15) is 0 Å². The second-order valence-corrected chi connectivity index (χ2v) is 5.94. The molecule has 3 saturated heterocycles. The van der Waals surface area contributed by atoms with Gasteiger partial charge in [-0.15, -0.1) is 0 Å². The van der Waals surface area contributed by atoms with Gasteiger partial charge >= 0.3 is 0 Å². The summed E-state index contributed by atoms with van der Waals surface area (Å²) in [5.74, 6) is 0. The SMILES string of the molecule is CCCC(OCC1CO1)C(COCC1CO1)OCC1CO1. The number of hydrogen-bond donors (Lipinski definition) is 0. The first-order chi connectivity index (χ1) is 10.3. The summed E-state index contributed by atoms with van der Waals surface area (Å²) in [5, 5.41) is 0. The lowest BCUT2D eigenvalue weighted by Crippen LogP contribution is -2.37. The number of epoxide rings is 3. The maximum absolute atomic E-state index is 5.99. The standard InChI is InChI=1S/C15H26O6/c1-2-3-14(20-8-12-6-18-12)15(21-9-13-7-19-13)10-16-4-11-5-17-11/h11-15H,2-10H2,1H3. The van der Waals surface area contributed by atoms with Crippen LogP contribution >= 0.6 is 0 Å². The fourth-order valence-corrected chi connectivity index (χ4v) is 2.19. The first kappa shape index (κ1) is 15.6. The summed E-state index contributed by atoms with van der Waals surface area (Å²) in [6.07, 6.45) is 2.84. The van der Waals surface area contributed by atoms with Gasteiger partial charge in [-0.25, -0.2) is 0 Å². The highest BCUT2D eigenvalue weighted by molar-refractivity contribution is 4.77. The molecule has 6 heteroatoms. The van der Waals surface area contributed by atoms with E-state index in [-0.39, 0.29) is 30.5 Å². The Bertz CT molecular complexity index is 301. The van der Waals surface area contributed by atoms with Crippen molar-refractivity contribution in [3.63, 3.8) is 0 Å². The fraction of sp³-hybridized carbons (Fsp3) is 1.00. The van der Waals surface area contributed by atoms with Crippen LogP contribution in [-0.2, 0) is 28.4 Å². The smallest absolute Gasteiger partial charge is 0.107 e. The zero-order valence-corrected chi connectivity index (χ0v) is 12.7. The molecule has 0 aromatic heterocycles. The van der Waals surface area contributed by atoms with E-state index in [0.717, 1.165) is 32.7 Å². The quantitative estimate of drug-likeness (QED) is 0.468. The Labute approximate surface area is 126 Å². The third-order valence-corrected chi connectivity index (χ3v) is 3.77. The third kappa shape index (κ3) is 6.18. The lowest BCUT2D eigenvalue weighted by atomic mass is 10.1. The molecule has 3 rings (SSSR count). The van der Waals surface area contributed by atoms with Crippen molar-refractivity contribution in [2.24, 2.45) is 0 Å². The van der Waals surface area contributed by atoms with Crippen molar-refractivity contribution < 1.29 is 28.4 Å². The molecule has 6 nitrogen and oxygen atoms in total. The maximum atomic E-state index is 5.99. The highest BCUT2D eigenvalue weighted by Gasteiger charge is 2.31. The molecule has 0 aromatic rings. The molecule has 21 heavy (non-hydrogen) atoms. The van der Waals surface area contributed by atoms with Crippen molar-refractivity contribution in [2.45, 2.75) is 50.3 Å². The van der Waals surface area contributed by atoms with Gasteiger partial charge in [0.2, 0.25) is 0 Å². The van der Waals surface area contributed by atoms with Gasteiger partial charge in [0.15, 0.2) is 0 Å². The van der Waals surface area contributed by atoms with Gasteiger partial charge in [0.25, 0.3) is 0 Å². The maximum Gasteiger partial charge on any atom is 0.107 e. The summed E-state index contributed by atoms with van der Waals surface area (Å²) in [4.78, 5) is 0. The molecule has 5 atom stereocenters. The van der Waals surface area contributed by atoms with Gasteiger partial charge in [0.1, 0.15) is 24.4 Å². The van der Waals surface area contributed by atoms with Crippen molar-refractivity contribution in [3.8, 4) is 0 Å². The van der Waals surface area contributed by atoms with E-state index < -0.39 is 0 Å². The Morgan fingerprint density at radius 3 is 1.90 bits per heavy atom. The number of ether oxygens (including phenoxy) is 6. The summed E-state index contributed by atoms with van der Waals surface area (Å²) < 4.78 is 33.3. The van der Waals surface area contributed by atoms with E-state index in [0.29, 0.717) is 26.4 Å². The van der Waals surface area contributed by atoms with Gasteiger partial charge in [0, 0.05) is 0 Å². The average Bonchev–Trinajstić information content (AvgIpc) is 3.35. The average molecular weight is 302 g/mol. The molecule has 5 unspecified atom stereocenters. The highest BCUT2D eigenvalue weighted by atomic mass is 16.6. The van der Waals surface area contributed by atoms with E-state index in [1.54, 1.807) is 0 Å². The molecule has 3 fully saturated rings. The Kier molecular flexibility index (Phi) is 5.85. The molecule has 122 valence electrons. The van der Waals surface area contributed by atoms with Gasteiger partial charge < -0.3 is 28.4 Å². The van der Waals surface area contributed by atoms with Crippen LogP contribution in [0.5, 0.6) is 0 Å². The molecule has 0 aliphatic carbocycles. The van der Waals surface area contributed by atoms with Crippen molar-refractivity contribution >= 4 is 0 Å². The predicted octanol–water partition coefficient (Wildman–Crippen LogP) is 0.770. The first-order valence-electron chi connectivity index (χ1n) is 8.01. The summed E-state index contributed by atoms with van der Waals surface area (Å²) in [7, 11) is 0. The Hall–Kier alpha value is -0.240. The Balaban J connectivity index is 1.43. The first-order valence-corrected chi connectivity index (χ1v) is 8.01. The minimum Gasteiger partial charge on any atom is -0.376 e. The van der Waals surface area contributed by atoms with Crippen LogP contribution in [0.2, 0.25) is 0 Å². The molecule has 0 radical (unpaired) electrons. The Morgan fingerprint density at radius 1 is 0.857 bits per heavy atom. The lowest BCUT2D eigenvalue weighted by Gasteiger charge is -2.27.